The lowest BCUT2D eigenvalue weighted by atomic mass is 10.0. The monoisotopic (exact) mass is 419 g/mol. The van der Waals surface area contributed by atoms with Crippen molar-refractivity contribution in [2.24, 2.45) is 5.92 Å². The lowest BCUT2D eigenvalue weighted by molar-refractivity contribution is -0.129. The molecule has 2 heterocycles. The second kappa shape index (κ2) is 9.33. The third-order valence-electron chi connectivity index (χ3n) is 6.23. The number of nitrogens with zero attached hydrogens (tertiary/aromatic N) is 2. The van der Waals surface area contributed by atoms with Crippen molar-refractivity contribution in [2.45, 2.75) is 38.8 Å². The molecular weight excluding hydrogens is 390 g/mol. The second-order valence-electron chi connectivity index (χ2n) is 8.60. The summed E-state index contributed by atoms with van der Waals surface area (Å²) in [6.07, 6.45) is 1.74. The Hall–Kier alpha value is -3.15. The highest BCUT2D eigenvalue weighted by Crippen LogP contribution is 2.22. The first kappa shape index (κ1) is 21.1. The van der Waals surface area contributed by atoms with Crippen LogP contribution in [0.15, 0.2) is 54.6 Å². The van der Waals surface area contributed by atoms with E-state index in [1.165, 1.54) is 0 Å². The molecule has 0 aliphatic carbocycles. The molecule has 1 N–H and O–H groups in total. The minimum atomic E-state index is -0.302. The van der Waals surface area contributed by atoms with E-state index < -0.39 is 0 Å². The Bertz CT molecular complexity index is 934. The quantitative estimate of drug-likeness (QED) is 0.810. The average molecular weight is 420 g/mol. The van der Waals surface area contributed by atoms with Gasteiger partial charge in [0.05, 0.1) is 5.92 Å². The molecule has 1 unspecified atom stereocenters. The summed E-state index contributed by atoms with van der Waals surface area (Å²) in [4.78, 5) is 41.4. The smallest absolute Gasteiger partial charge is 0.253 e. The van der Waals surface area contributed by atoms with Gasteiger partial charge in [-0.05, 0) is 37.5 Å². The minimum Gasteiger partial charge on any atom is -0.353 e. The highest BCUT2D eigenvalue weighted by molar-refractivity contribution is 5.94. The number of rotatable bonds is 5. The Kier molecular flexibility index (Phi) is 6.35. The molecule has 2 saturated heterocycles. The Morgan fingerprint density at radius 2 is 1.68 bits per heavy atom. The van der Waals surface area contributed by atoms with Gasteiger partial charge in [-0.3, -0.25) is 14.4 Å². The van der Waals surface area contributed by atoms with Crippen molar-refractivity contribution in [1.82, 2.24) is 15.1 Å². The molecule has 2 aliphatic rings. The third kappa shape index (κ3) is 5.13. The molecule has 3 amide bonds. The highest BCUT2D eigenvalue weighted by Gasteiger charge is 2.35. The molecule has 31 heavy (non-hydrogen) atoms. The van der Waals surface area contributed by atoms with Crippen LogP contribution in [0.4, 0.5) is 0 Å². The summed E-state index contributed by atoms with van der Waals surface area (Å²) in [5, 5.41) is 3.12. The van der Waals surface area contributed by atoms with Gasteiger partial charge in [0.15, 0.2) is 0 Å². The van der Waals surface area contributed by atoms with E-state index in [4.69, 9.17) is 0 Å². The summed E-state index contributed by atoms with van der Waals surface area (Å²) in [6, 6.07) is 17.5. The summed E-state index contributed by atoms with van der Waals surface area (Å²) in [5.74, 6) is -0.277. The summed E-state index contributed by atoms with van der Waals surface area (Å²) in [7, 11) is 0. The largest absolute Gasteiger partial charge is 0.353 e. The van der Waals surface area contributed by atoms with Gasteiger partial charge in [-0.25, -0.2) is 0 Å². The van der Waals surface area contributed by atoms with Gasteiger partial charge in [0.25, 0.3) is 5.91 Å². The van der Waals surface area contributed by atoms with E-state index in [0.29, 0.717) is 31.7 Å². The van der Waals surface area contributed by atoms with Crippen molar-refractivity contribution < 1.29 is 14.4 Å². The second-order valence-corrected chi connectivity index (χ2v) is 8.60. The molecule has 6 heteroatoms. The molecule has 2 fully saturated rings. The molecule has 0 radical (unpaired) electrons. The lowest BCUT2D eigenvalue weighted by Crippen LogP contribution is -2.48. The van der Waals surface area contributed by atoms with Gasteiger partial charge < -0.3 is 15.1 Å². The number of carbonyl (C=O) groups excluding carboxylic acids is 3. The number of aryl methyl sites for hydroxylation is 1. The molecule has 0 bridgehead atoms. The fraction of sp³-hybridized carbons (Fsp3) is 0.400. The summed E-state index contributed by atoms with van der Waals surface area (Å²) >= 11 is 0. The number of benzene rings is 2. The molecule has 162 valence electrons. The number of nitrogens with one attached hydrogen (secondary N) is 1. The van der Waals surface area contributed by atoms with E-state index in [1.54, 1.807) is 4.90 Å². The molecule has 1 atom stereocenters. The molecule has 2 aliphatic heterocycles. The van der Waals surface area contributed by atoms with Crippen LogP contribution >= 0.6 is 0 Å². The SMILES string of the molecule is Cc1ccc(C(=O)N2CCC(NC(=O)C3CC(=O)N(Cc4ccccc4)C3)CC2)cc1. The Labute approximate surface area is 183 Å². The van der Waals surface area contributed by atoms with Crippen molar-refractivity contribution in [3.05, 3.63) is 71.3 Å². The van der Waals surface area contributed by atoms with Crippen molar-refractivity contribution in [3.8, 4) is 0 Å². The fourth-order valence-corrected chi connectivity index (χ4v) is 4.33. The lowest BCUT2D eigenvalue weighted by Gasteiger charge is -2.33. The van der Waals surface area contributed by atoms with E-state index in [-0.39, 0.29) is 36.1 Å². The summed E-state index contributed by atoms with van der Waals surface area (Å²) in [6.45, 7) is 4.26. The van der Waals surface area contributed by atoms with Gasteiger partial charge in [0.1, 0.15) is 0 Å². The summed E-state index contributed by atoms with van der Waals surface area (Å²) < 4.78 is 0. The summed E-state index contributed by atoms with van der Waals surface area (Å²) in [5.41, 5.74) is 2.91. The molecule has 2 aromatic carbocycles. The van der Waals surface area contributed by atoms with Crippen molar-refractivity contribution in [3.63, 3.8) is 0 Å². The fourth-order valence-electron chi connectivity index (χ4n) is 4.33. The first-order valence-corrected chi connectivity index (χ1v) is 11.0. The molecule has 0 saturated carbocycles. The van der Waals surface area contributed by atoms with Crippen molar-refractivity contribution >= 4 is 17.7 Å². The topological polar surface area (TPSA) is 69.7 Å². The van der Waals surface area contributed by atoms with Gasteiger partial charge in [0, 0.05) is 44.2 Å². The Morgan fingerprint density at radius 3 is 2.35 bits per heavy atom. The molecule has 0 aromatic heterocycles. The number of amides is 3. The number of hydrogen-bond acceptors (Lipinski definition) is 3. The van der Waals surface area contributed by atoms with Gasteiger partial charge in [-0.15, -0.1) is 0 Å². The van der Waals surface area contributed by atoms with Crippen LogP contribution < -0.4 is 5.32 Å². The van der Waals surface area contributed by atoms with E-state index in [9.17, 15) is 14.4 Å². The predicted molar refractivity (Wildman–Crippen MR) is 118 cm³/mol. The molecule has 2 aromatic rings. The maximum atomic E-state index is 12.8. The van der Waals surface area contributed by atoms with Crippen LogP contribution in [-0.2, 0) is 16.1 Å². The molecule has 6 nitrogen and oxygen atoms in total. The first-order valence-electron chi connectivity index (χ1n) is 11.0. The Morgan fingerprint density at radius 1 is 1.00 bits per heavy atom. The van der Waals surface area contributed by atoms with E-state index >= 15 is 0 Å². The average Bonchev–Trinajstić information content (AvgIpc) is 3.15. The minimum absolute atomic E-state index is 0.0301. The standard InChI is InChI=1S/C25H29N3O3/c1-18-7-9-20(10-8-18)25(31)27-13-11-22(12-14-27)26-24(30)21-15-23(29)28(17-21)16-19-5-3-2-4-6-19/h2-10,21-22H,11-17H2,1H3,(H,26,30). The van der Waals surface area contributed by atoms with Gasteiger partial charge in [0.2, 0.25) is 11.8 Å². The van der Waals surface area contributed by atoms with Crippen LogP contribution in [0.3, 0.4) is 0 Å². The number of likely N-dealkylation sites (tertiary alicyclic amines) is 2. The number of carbonyl (C=O) groups is 3. The Balaban J connectivity index is 1.25. The number of hydrogen-bond donors (Lipinski definition) is 1. The number of piperidine rings is 1. The van der Waals surface area contributed by atoms with Crippen molar-refractivity contribution in [2.75, 3.05) is 19.6 Å². The van der Waals surface area contributed by atoms with E-state index in [2.05, 4.69) is 5.32 Å². The van der Waals surface area contributed by atoms with Crippen LogP contribution in [0.1, 0.15) is 40.7 Å². The zero-order chi connectivity index (χ0) is 21.8. The van der Waals surface area contributed by atoms with Gasteiger partial charge in [-0.1, -0.05) is 48.0 Å². The van der Waals surface area contributed by atoms with Gasteiger partial charge in [-0.2, -0.15) is 0 Å². The zero-order valence-electron chi connectivity index (χ0n) is 17.9. The van der Waals surface area contributed by atoms with E-state index in [0.717, 1.165) is 24.0 Å². The van der Waals surface area contributed by atoms with Crippen molar-refractivity contribution in [1.29, 1.82) is 0 Å². The van der Waals surface area contributed by atoms with E-state index in [1.807, 2.05) is 66.4 Å². The van der Waals surface area contributed by atoms with Crippen LogP contribution in [0.5, 0.6) is 0 Å². The van der Waals surface area contributed by atoms with Crippen LogP contribution in [0.2, 0.25) is 0 Å². The maximum Gasteiger partial charge on any atom is 0.253 e. The zero-order valence-corrected chi connectivity index (χ0v) is 17.9. The first-order chi connectivity index (χ1) is 15.0. The van der Waals surface area contributed by atoms with Crippen LogP contribution in [-0.4, -0.2) is 53.2 Å². The highest BCUT2D eigenvalue weighted by atomic mass is 16.2. The third-order valence-corrected chi connectivity index (χ3v) is 6.23. The van der Waals surface area contributed by atoms with Gasteiger partial charge >= 0.3 is 0 Å². The predicted octanol–water partition coefficient (Wildman–Crippen LogP) is 2.76. The normalized spacial score (nSPS) is 19.5. The molecule has 4 rings (SSSR count). The van der Waals surface area contributed by atoms with Crippen LogP contribution in [0, 0.1) is 12.8 Å². The molecular formula is C25H29N3O3. The maximum absolute atomic E-state index is 12.8. The molecule has 0 spiro atoms. The van der Waals surface area contributed by atoms with Crippen LogP contribution in [0.25, 0.3) is 0 Å².